The van der Waals surface area contributed by atoms with Crippen molar-refractivity contribution in [2.45, 2.75) is 20.1 Å². The molecule has 0 saturated heterocycles. The van der Waals surface area contributed by atoms with E-state index in [9.17, 15) is 18.0 Å². The lowest BCUT2D eigenvalue weighted by molar-refractivity contribution is -0.0498. The number of alkyl halides is 2. The summed E-state index contributed by atoms with van der Waals surface area (Å²) in [5.41, 5.74) is 1.80. The first kappa shape index (κ1) is 18.5. The van der Waals surface area contributed by atoms with Gasteiger partial charge in [0, 0.05) is 12.1 Å². The summed E-state index contributed by atoms with van der Waals surface area (Å²) >= 11 is 0. The van der Waals surface area contributed by atoms with Gasteiger partial charge in [0.1, 0.15) is 28.6 Å². The van der Waals surface area contributed by atoms with Crippen LogP contribution in [0.1, 0.15) is 21.7 Å². The molecule has 2 aromatic carbocycles. The Kier molecular flexibility index (Phi) is 5.44. The fraction of sp³-hybridized carbons (Fsp3) is 0.158. The number of nitrogens with zero attached hydrogens (tertiary/aromatic N) is 1. The van der Waals surface area contributed by atoms with Crippen LogP contribution in [-0.2, 0) is 6.54 Å². The maximum atomic E-state index is 13.1. The minimum Gasteiger partial charge on any atom is -0.435 e. The molecule has 0 unspecified atom stereocenters. The Hall–Kier alpha value is -3.29. The van der Waals surface area contributed by atoms with Crippen molar-refractivity contribution in [2.24, 2.45) is 0 Å². The smallest absolute Gasteiger partial charge is 0.387 e. The van der Waals surface area contributed by atoms with Crippen LogP contribution in [0.25, 0.3) is 11.3 Å². The van der Waals surface area contributed by atoms with E-state index >= 15 is 0 Å². The molecular formula is C19H15F3N2O3. The van der Waals surface area contributed by atoms with Gasteiger partial charge in [-0.3, -0.25) is 4.79 Å². The third kappa shape index (κ3) is 4.46. The highest BCUT2D eigenvalue weighted by molar-refractivity contribution is 6.00. The van der Waals surface area contributed by atoms with Gasteiger partial charge in [0.2, 0.25) is 0 Å². The van der Waals surface area contributed by atoms with Crippen molar-refractivity contribution in [3.63, 3.8) is 0 Å². The van der Waals surface area contributed by atoms with Gasteiger partial charge in [0.15, 0.2) is 0 Å². The Bertz CT molecular complexity index is 922. The van der Waals surface area contributed by atoms with E-state index in [1.165, 1.54) is 36.4 Å². The Morgan fingerprint density at radius 3 is 2.44 bits per heavy atom. The predicted molar refractivity (Wildman–Crippen MR) is 90.9 cm³/mol. The highest BCUT2D eigenvalue weighted by atomic mass is 19.3. The van der Waals surface area contributed by atoms with Gasteiger partial charge in [-0.25, -0.2) is 4.39 Å². The summed E-state index contributed by atoms with van der Waals surface area (Å²) in [5.74, 6) is -0.453. The Balaban J connectivity index is 1.71. The monoisotopic (exact) mass is 376 g/mol. The molecule has 27 heavy (non-hydrogen) atoms. The maximum absolute atomic E-state index is 13.1. The Labute approximate surface area is 152 Å². The minimum absolute atomic E-state index is 0.0357. The van der Waals surface area contributed by atoms with Gasteiger partial charge in [-0.05, 0) is 48.9 Å². The van der Waals surface area contributed by atoms with Gasteiger partial charge < -0.3 is 14.6 Å². The number of nitrogens with one attached hydrogen (secondary N) is 1. The first-order valence-corrected chi connectivity index (χ1v) is 7.98. The summed E-state index contributed by atoms with van der Waals surface area (Å²) in [6.07, 6.45) is 0. The molecule has 140 valence electrons. The molecule has 5 nitrogen and oxygen atoms in total. The predicted octanol–water partition coefficient (Wildman–Crippen LogP) is 4.32. The molecule has 1 aromatic heterocycles. The molecule has 3 aromatic rings. The summed E-state index contributed by atoms with van der Waals surface area (Å²) in [7, 11) is 0. The molecule has 0 atom stereocenters. The van der Waals surface area contributed by atoms with Gasteiger partial charge in [-0.2, -0.15) is 8.78 Å². The lowest BCUT2D eigenvalue weighted by Gasteiger charge is -2.08. The third-order valence-corrected chi connectivity index (χ3v) is 3.81. The van der Waals surface area contributed by atoms with Gasteiger partial charge in [0.05, 0.1) is 0 Å². The first-order chi connectivity index (χ1) is 12.9. The van der Waals surface area contributed by atoms with E-state index in [0.717, 1.165) is 0 Å². The molecule has 1 heterocycles. The van der Waals surface area contributed by atoms with Crippen LogP contribution in [0.3, 0.4) is 0 Å². The number of carbonyl (C=O) groups excluding carboxylic acids is 1. The van der Waals surface area contributed by atoms with E-state index in [2.05, 4.69) is 15.2 Å². The number of ether oxygens (including phenoxy) is 1. The van der Waals surface area contributed by atoms with Crippen molar-refractivity contribution < 1.29 is 27.2 Å². The lowest BCUT2D eigenvalue weighted by Crippen LogP contribution is -2.23. The minimum atomic E-state index is -2.89. The zero-order valence-corrected chi connectivity index (χ0v) is 14.2. The normalized spacial score (nSPS) is 10.9. The van der Waals surface area contributed by atoms with Gasteiger partial charge in [-0.1, -0.05) is 17.3 Å². The van der Waals surface area contributed by atoms with E-state index in [4.69, 9.17) is 4.52 Å². The summed E-state index contributed by atoms with van der Waals surface area (Å²) in [5, 5.41) is 6.61. The van der Waals surface area contributed by atoms with Gasteiger partial charge in [-0.15, -0.1) is 0 Å². The molecule has 1 amide bonds. The molecule has 8 heteroatoms. The number of amides is 1. The number of hydrogen-bond donors (Lipinski definition) is 1. The first-order valence-electron chi connectivity index (χ1n) is 7.98. The lowest BCUT2D eigenvalue weighted by atomic mass is 10.1. The van der Waals surface area contributed by atoms with Crippen LogP contribution < -0.4 is 10.1 Å². The molecule has 3 rings (SSSR count). The summed E-state index contributed by atoms with van der Waals surface area (Å²) in [6.45, 7) is -1.12. The second-order valence-electron chi connectivity index (χ2n) is 5.67. The largest absolute Gasteiger partial charge is 0.435 e. The molecule has 1 N–H and O–H groups in total. The summed E-state index contributed by atoms with van der Waals surface area (Å²) in [4.78, 5) is 12.6. The standard InChI is InChI=1S/C19H15F3N2O3/c1-11-16(17(24-27-11)13-4-6-14(20)7-5-13)18(25)23-10-12-2-8-15(9-3-12)26-19(21)22/h2-9,19H,10H2,1H3,(H,23,25). The fourth-order valence-electron chi connectivity index (χ4n) is 2.50. The van der Waals surface area contributed by atoms with Crippen molar-refractivity contribution in [1.29, 1.82) is 0 Å². The average molecular weight is 376 g/mol. The average Bonchev–Trinajstić information content (AvgIpc) is 3.02. The number of halogens is 3. The highest BCUT2D eigenvalue weighted by Gasteiger charge is 2.21. The molecule has 0 bridgehead atoms. The number of aryl methyl sites for hydroxylation is 1. The second-order valence-corrected chi connectivity index (χ2v) is 5.67. The maximum Gasteiger partial charge on any atom is 0.387 e. The zero-order chi connectivity index (χ0) is 19.4. The van der Waals surface area contributed by atoms with Crippen LogP contribution >= 0.6 is 0 Å². The topological polar surface area (TPSA) is 64.4 Å². The van der Waals surface area contributed by atoms with Crippen LogP contribution in [0.5, 0.6) is 5.75 Å². The second kappa shape index (κ2) is 7.94. The van der Waals surface area contributed by atoms with Crippen LogP contribution in [0.15, 0.2) is 53.1 Å². The number of hydrogen-bond acceptors (Lipinski definition) is 4. The molecule has 0 saturated carbocycles. The number of benzene rings is 2. The van der Waals surface area contributed by atoms with Gasteiger partial charge in [0.25, 0.3) is 5.91 Å². The van der Waals surface area contributed by atoms with Crippen LogP contribution in [0.2, 0.25) is 0 Å². The van der Waals surface area contributed by atoms with Crippen molar-refractivity contribution in [3.8, 4) is 17.0 Å². The van der Waals surface area contributed by atoms with Gasteiger partial charge >= 0.3 is 6.61 Å². The van der Waals surface area contributed by atoms with Crippen LogP contribution in [0.4, 0.5) is 13.2 Å². The Morgan fingerprint density at radius 1 is 1.15 bits per heavy atom. The van der Waals surface area contributed by atoms with Crippen molar-refractivity contribution in [3.05, 3.63) is 71.2 Å². The third-order valence-electron chi connectivity index (χ3n) is 3.81. The fourth-order valence-corrected chi connectivity index (χ4v) is 2.50. The van der Waals surface area contributed by atoms with Crippen LogP contribution in [0, 0.1) is 12.7 Å². The number of carbonyl (C=O) groups is 1. The van der Waals surface area contributed by atoms with Crippen molar-refractivity contribution in [1.82, 2.24) is 10.5 Å². The number of aromatic nitrogens is 1. The zero-order valence-electron chi connectivity index (χ0n) is 14.2. The quantitative estimate of drug-likeness (QED) is 0.696. The SMILES string of the molecule is Cc1onc(-c2ccc(F)cc2)c1C(=O)NCc1ccc(OC(F)F)cc1. The molecule has 0 aliphatic carbocycles. The highest BCUT2D eigenvalue weighted by Crippen LogP contribution is 2.25. The van der Waals surface area contributed by atoms with E-state index in [0.29, 0.717) is 22.6 Å². The summed E-state index contributed by atoms with van der Waals surface area (Å²) in [6, 6.07) is 11.5. The van der Waals surface area contributed by atoms with Crippen molar-refractivity contribution in [2.75, 3.05) is 0 Å². The van der Waals surface area contributed by atoms with E-state index in [1.807, 2.05) is 0 Å². The molecule has 0 fully saturated rings. The van der Waals surface area contributed by atoms with Crippen molar-refractivity contribution >= 4 is 5.91 Å². The molecule has 0 spiro atoms. The molecular weight excluding hydrogens is 361 g/mol. The number of rotatable bonds is 6. The molecule has 0 aliphatic rings. The van der Waals surface area contributed by atoms with E-state index in [-0.39, 0.29) is 17.9 Å². The van der Waals surface area contributed by atoms with E-state index < -0.39 is 18.3 Å². The summed E-state index contributed by atoms with van der Waals surface area (Å²) < 4.78 is 46.8. The Morgan fingerprint density at radius 2 is 1.81 bits per heavy atom. The van der Waals surface area contributed by atoms with Crippen LogP contribution in [-0.4, -0.2) is 17.7 Å². The molecule has 0 radical (unpaired) electrons. The van der Waals surface area contributed by atoms with E-state index in [1.54, 1.807) is 19.1 Å². The molecule has 0 aliphatic heterocycles.